The number of rotatable bonds is 0. The van der Waals surface area contributed by atoms with Crippen LogP contribution in [0.3, 0.4) is 0 Å². The Morgan fingerprint density at radius 1 is 1.00 bits per heavy atom. The van der Waals surface area contributed by atoms with E-state index in [-0.39, 0.29) is 40.7 Å². The Kier molecular flexibility index (Phi) is 166. The zero-order valence-electron chi connectivity index (χ0n) is 5.21. The third-order valence-corrected chi connectivity index (χ3v) is 0. The van der Waals surface area contributed by atoms with Crippen LogP contribution in [0.25, 0.3) is 0 Å². The monoisotopic (exact) mass is 270 g/mol. The molecule has 0 atom stereocenters. The molecule has 0 saturated heterocycles. The largest absolute Gasteiger partial charge is 0.358 e. The van der Waals surface area contributed by atoms with Crippen LogP contribution < -0.4 is 0 Å². The first-order chi connectivity index (χ1) is 1.41. The van der Waals surface area contributed by atoms with Gasteiger partial charge in [-0.15, -0.1) is 0 Å². The van der Waals surface area contributed by atoms with E-state index in [1.807, 2.05) is 0 Å². The maximum Gasteiger partial charge on any atom is 0.0135 e. The van der Waals surface area contributed by atoms with Gasteiger partial charge in [-0.1, -0.05) is 13.1 Å². The molecule has 0 heterocycles. The number of hydrogen-bond donors (Lipinski definition) is 0. The van der Waals surface area contributed by atoms with Crippen LogP contribution in [0.2, 0.25) is 13.1 Å². The van der Waals surface area contributed by atoms with E-state index in [2.05, 4.69) is 13.1 Å². The minimum Gasteiger partial charge on any atom is -0.358 e. The molecule has 0 aromatic heterocycles. The molecule has 0 rings (SSSR count). The Morgan fingerprint density at radius 2 is 1.00 bits per heavy atom. The molecule has 0 aromatic carbocycles. The van der Waals surface area contributed by atoms with E-state index < -0.39 is 0 Å². The first-order valence-corrected chi connectivity index (χ1v) is 4.24. The van der Waals surface area contributed by atoms with Crippen LogP contribution in [-0.2, 0) is 25.8 Å². The smallest absolute Gasteiger partial charge is 0.0135 e. The average molecular weight is 269 g/mol. The fourth-order valence-electron chi connectivity index (χ4n) is 0. The van der Waals surface area contributed by atoms with Crippen molar-refractivity contribution in [3.05, 3.63) is 14.9 Å². The van der Waals surface area contributed by atoms with E-state index in [0.717, 1.165) is 0 Å². The van der Waals surface area contributed by atoms with Gasteiger partial charge in [0.05, 0.1) is 0 Å². The van der Waals surface area contributed by atoms with Crippen LogP contribution in [0.1, 0.15) is 0 Å². The maximum atomic E-state index is 2.26. The molecule has 0 nitrogen and oxygen atoms in total. The van der Waals surface area contributed by atoms with Crippen LogP contribution >= 0.6 is 0 Å². The predicted molar refractivity (Wildman–Crippen MR) is 33.1 cm³/mol. The molecular weight excluding hydrogens is 255 g/mol. The fourth-order valence-corrected chi connectivity index (χ4v) is 0. The average Bonchev–Trinajstić information content (AvgIpc) is 0.918. The zero-order valence-corrected chi connectivity index (χ0v) is 10.2. The first-order valence-electron chi connectivity index (χ1n) is 1.41. The molecule has 6 heavy (non-hydrogen) atoms. The molecule has 2 heteroatoms. The summed E-state index contributed by atoms with van der Waals surface area (Å²) in [5.41, 5.74) is 0. The van der Waals surface area contributed by atoms with Gasteiger partial charge in [-0.3, -0.25) is 0 Å². The van der Waals surface area contributed by atoms with Crippen LogP contribution in [-0.4, -0.2) is 9.52 Å². The molecule has 0 aliphatic carbocycles. The van der Waals surface area contributed by atoms with Gasteiger partial charge in [0, 0.05) is 35.4 Å². The molecule has 0 bridgehead atoms. The Morgan fingerprint density at radius 3 is 1.00 bits per heavy atom. The molecule has 0 aromatic rings. The van der Waals surface area contributed by atoms with Crippen LogP contribution in [0.5, 0.6) is 0 Å². The van der Waals surface area contributed by atoms with Crippen LogP contribution in [0.4, 0.5) is 0 Å². The molecule has 0 amide bonds. The van der Waals surface area contributed by atoms with Crippen molar-refractivity contribution < 1.29 is 25.8 Å². The van der Waals surface area contributed by atoms with E-state index >= 15 is 0 Å². The first kappa shape index (κ1) is 27.6. The Bertz CT molecular complexity index is 7.51. The van der Waals surface area contributed by atoms with E-state index in [9.17, 15) is 0 Å². The topological polar surface area (TPSA) is 0 Å². The van der Waals surface area contributed by atoms with Crippen LogP contribution in [0.15, 0.2) is 0 Å². The SMILES string of the molecule is C[SiH2]C.[CH3-].[CH3-].[Hf]. The summed E-state index contributed by atoms with van der Waals surface area (Å²) >= 11 is 0. The third-order valence-electron chi connectivity index (χ3n) is 0. The summed E-state index contributed by atoms with van der Waals surface area (Å²) in [6.45, 7) is 4.53. The van der Waals surface area contributed by atoms with Gasteiger partial charge in [-0.25, -0.2) is 0 Å². The maximum absolute atomic E-state index is 2.26. The van der Waals surface area contributed by atoms with Crippen molar-refractivity contribution in [2.45, 2.75) is 13.1 Å². The zero-order chi connectivity index (χ0) is 2.71. The van der Waals surface area contributed by atoms with Gasteiger partial charge < -0.3 is 14.9 Å². The Hall–Kier alpha value is 1.09. The van der Waals surface area contributed by atoms with Gasteiger partial charge in [0.2, 0.25) is 0 Å². The summed E-state index contributed by atoms with van der Waals surface area (Å²) in [7, 11) is 0.417. The number of hydrogen-bond acceptors (Lipinski definition) is 0. The quantitative estimate of drug-likeness (QED) is 0.457. The van der Waals surface area contributed by atoms with Gasteiger partial charge in [0.15, 0.2) is 0 Å². The summed E-state index contributed by atoms with van der Waals surface area (Å²) in [6.07, 6.45) is 0. The van der Waals surface area contributed by atoms with E-state index in [1.54, 1.807) is 0 Å². The van der Waals surface area contributed by atoms with Gasteiger partial charge >= 0.3 is 0 Å². The molecule has 0 unspecified atom stereocenters. The molecule has 0 spiro atoms. The van der Waals surface area contributed by atoms with Crippen molar-refractivity contribution in [3.8, 4) is 0 Å². The van der Waals surface area contributed by atoms with E-state index in [4.69, 9.17) is 0 Å². The van der Waals surface area contributed by atoms with Crippen molar-refractivity contribution in [1.82, 2.24) is 0 Å². The summed E-state index contributed by atoms with van der Waals surface area (Å²) in [5, 5.41) is 0. The van der Waals surface area contributed by atoms with E-state index in [0.29, 0.717) is 9.52 Å². The molecule has 0 fully saturated rings. The van der Waals surface area contributed by atoms with Crippen molar-refractivity contribution in [3.63, 3.8) is 0 Å². The van der Waals surface area contributed by atoms with Crippen molar-refractivity contribution >= 4 is 9.52 Å². The third kappa shape index (κ3) is 71.9. The van der Waals surface area contributed by atoms with E-state index in [1.165, 1.54) is 0 Å². The van der Waals surface area contributed by atoms with Gasteiger partial charge in [0.1, 0.15) is 0 Å². The molecule has 0 aliphatic heterocycles. The second-order valence-corrected chi connectivity index (χ2v) is 2.12. The molecule has 0 N–H and O–H groups in total. The van der Waals surface area contributed by atoms with Crippen molar-refractivity contribution in [2.24, 2.45) is 0 Å². The van der Waals surface area contributed by atoms with Crippen molar-refractivity contribution in [2.75, 3.05) is 0 Å². The second-order valence-electron chi connectivity index (χ2n) is 0.707. The summed E-state index contributed by atoms with van der Waals surface area (Å²) < 4.78 is 0. The molecule has 0 radical (unpaired) electrons. The fraction of sp³-hybridized carbons (Fsp3) is 0.500. The normalized spacial score (nSPS) is 3.00. The molecule has 0 aliphatic rings. The molecule has 0 saturated carbocycles. The predicted octanol–water partition coefficient (Wildman–Crippen LogP) is 1.15. The minimum absolute atomic E-state index is 0. The molecular formula is C4H14HfSi-2. The van der Waals surface area contributed by atoms with Gasteiger partial charge in [-0.2, -0.15) is 0 Å². The Balaban J connectivity index is -0.00000000667. The summed E-state index contributed by atoms with van der Waals surface area (Å²) in [4.78, 5) is 0. The van der Waals surface area contributed by atoms with Gasteiger partial charge in [-0.05, 0) is 0 Å². The van der Waals surface area contributed by atoms with Gasteiger partial charge in [0.25, 0.3) is 0 Å². The second kappa shape index (κ2) is 36.2. The summed E-state index contributed by atoms with van der Waals surface area (Å²) in [6, 6.07) is 0. The molecule has 40 valence electrons. The Labute approximate surface area is 63.3 Å². The van der Waals surface area contributed by atoms with Crippen LogP contribution in [0, 0.1) is 14.9 Å². The van der Waals surface area contributed by atoms with Crippen molar-refractivity contribution in [1.29, 1.82) is 0 Å². The standard InChI is InChI=1S/C2H8Si.2CH3.Hf/c1-3-2;;;/h3H2,1-2H3;2*1H3;/q;2*-1;. The summed E-state index contributed by atoms with van der Waals surface area (Å²) in [5.74, 6) is 0. The minimum atomic E-state index is 0.